The molecule has 0 saturated heterocycles. The number of ether oxygens (including phenoxy) is 2. The highest BCUT2D eigenvalue weighted by Crippen LogP contribution is 2.29. The van der Waals surface area contributed by atoms with Gasteiger partial charge >= 0.3 is 0 Å². The van der Waals surface area contributed by atoms with Crippen LogP contribution in [-0.2, 0) is 29.4 Å². The minimum Gasteiger partial charge on any atom is -0.361 e. The monoisotopic (exact) mass is 918 g/mol. The van der Waals surface area contributed by atoms with Gasteiger partial charge in [0.25, 0.3) is 11.8 Å². The first kappa shape index (κ1) is 46.8. The van der Waals surface area contributed by atoms with Crippen molar-refractivity contribution in [2.24, 2.45) is 0 Å². The molecule has 3 N–H and O–H groups in total. The van der Waals surface area contributed by atoms with E-state index < -0.39 is 16.1 Å². The summed E-state index contributed by atoms with van der Waals surface area (Å²) in [6.07, 6.45) is 7.82. The Morgan fingerprint density at radius 3 is 1.73 bits per heavy atom. The van der Waals surface area contributed by atoms with Crippen molar-refractivity contribution in [2.75, 3.05) is 13.2 Å². The van der Waals surface area contributed by atoms with Crippen LogP contribution in [0.25, 0.3) is 44.6 Å². The number of aromatic amines is 1. The highest BCUT2D eigenvalue weighted by molar-refractivity contribution is 9.10. The van der Waals surface area contributed by atoms with Gasteiger partial charge in [0.2, 0.25) is 0 Å². The van der Waals surface area contributed by atoms with Crippen LogP contribution >= 0.6 is 15.9 Å². The van der Waals surface area contributed by atoms with Crippen molar-refractivity contribution in [3.8, 4) is 11.4 Å². The van der Waals surface area contributed by atoms with Crippen molar-refractivity contribution < 1.29 is 19.1 Å². The molecule has 0 bridgehead atoms. The second kappa shape index (κ2) is 18.8. The van der Waals surface area contributed by atoms with Gasteiger partial charge in [-0.15, -0.1) is 0 Å². The van der Waals surface area contributed by atoms with Gasteiger partial charge in [-0.1, -0.05) is 64.4 Å². The molecule has 0 aliphatic heterocycles. The number of aromatic nitrogens is 8. The Bertz CT molecular complexity index is 2450. The Balaban J connectivity index is 0.000000241. The summed E-state index contributed by atoms with van der Waals surface area (Å²) in [6, 6.07) is 8.32. The summed E-state index contributed by atoms with van der Waals surface area (Å²) >= 11 is 3.33. The second-order valence-corrected chi connectivity index (χ2v) is 31.7. The maximum atomic E-state index is 13.2. The lowest BCUT2D eigenvalue weighted by Crippen LogP contribution is -2.40. The number of carbonyl (C=O) groups excluding carboxylic acids is 2. The molecule has 17 heteroatoms. The van der Waals surface area contributed by atoms with Crippen LogP contribution in [0.3, 0.4) is 0 Å². The van der Waals surface area contributed by atoms with Crippen molar-refractivity contribution >= 4 is 77.1 Å². The smallest absolute Gasteiger partial charge is 0.255 e. The van der Waals surface area contributed by atoms with Crippen molar-refractivity contribution in [1.82, 2.24) is 49.9 Å². The number of hydrogen-bond donors (Lipinski definition) is 3. The summed E-state index contributed by atoms with van der Waals surface area (Å²) in [7, 11) is -2.32. The van der Waals surface area contributed by atoms with Gasteiger partial charge in [-0.05, 0) is 81.5 Å². The number of rotatable bonds is 14. The third-order valence-corrected chi connectivity index (χ3v) is 13.1. The lowest BCUT2D eigenvalue weighted by molar-refractivity contribution is 0.0879. The van der Waals surface area contributed by atoms with E-state index >= 15 is 0 Å². The van der Waals surface area contributed by atoms with E-state index in [2.05, 4.69) is 99.0 Å². The first-order valence-corrected chi connectivity index (χ1v) is 28.8. The summed E-state index contributed by atoms with van der Waals surface area (Å²) in [4.78, 5) is 44.3. The lowest BCUT2D eigenvalue weighted by Gasteiger charge is -2.20. The maximum Gasteiger partial charge on any atom is 0.255 e. The number of hydrogen-bond acceptors (Lipinski definition) is 9. The Morgan fingerprint density at radius 2 is 1.25 bits per heavy atom. The molecule has 60 heavy (non-hydrogen) atoms. The van der Waals surface area contributed by atoms with Crippen molar-refractivity contribution in [1.29, 1.82) is 0 Å². The van der Waals surface area contributed by atoms with Crippen LogP contribution in [0.2, 0.25) is 51.4 Å². The third kappa shape index (κ3) is 12.6. The highest BCUT2D eigenvalue weighted by atomic mass is 79.9. The molecule has 0 spiro atoms. The molecule has 0 aliphatic rings. The summed E-state index contributed by atoms with van der Waals surface area (Å²) in [5.41, 5.74) is 6.24. The average molecular weight is 920 g/mol. The van der Waals surface area contributed by atoms with Crippen LogP contribution in [0.1, 0.15) is 74.7 Å². The first-order valence-electron chi connectivity index (χ1n) is 20.6. The van der Waals surface area contributed by atoms with Crippen LogP contribution in [0.4, 0.5) is 0 Å². The van der Waals surface area contributed by atoms with Gasteiger partial charge in [0.15, 0.2) is 11.3 Å². The van der Waals surface area contributed by atoms with Gasteiger partial charge in [-0.25, -0.2) is 19.9 Å². The lowest BCUT2D eigenvalue weighted by atomic mass is 10.1. The number of H-pyrrole nitrogens is 1. The average Bonchev–Trinajstić information content (AvgIpc) is 3.83. The summed E-state index contributed by atoms with van der Waals surface area (Å²) in [6.45, 7) is 29.9. The Labute approximate surface area is 364 Å². The molecule has 0 radical (unpaired) electrons. The number of nitrogens with zero attached hydrogens (tertiary/aromatic N) is 7. The minimum absolute atomic E-state index is 0.161. The molecular formula is C43H63BrN10O4Si2. The van der Waals surface area contributed by atoms with E-state index in [4.69, 9.17) is 19.4 Å². The van der Waals surface area contributed by atoms with Gasteiger partial charge in [0.05, 0.1) is 34.7 Å². The van der Waals surface area contributed by atoms with Crippen LogP contribution < -0.4 is 10.6 Å². The molecule has 14 nitrogen and oxygen atoms in total. The van der Waals surface area contributed by atoms with E-state index in [1.165, 1.54) is 5.56 Å². The molecule has 1 aromatic carbocycles. The fourth-order valence-electron chi connectivity index (χ4n) is 6.21. The summed E-state index contributed by atoms with van der Waals surface area (Å²) in [5.74, 6) is -0.344. The standard InChI is InChI=1S/C26H36N6O2Si.C17H27BrN4O2Si/c1-8-17-10-9-11-18-21(17)30-31-22(18)20-14-27-24-23(28-20)19(25(33)29-26(2,3)4)15-32(24)16-34-12-13-35(5,6)7;1-17(2,3)21-16(23)12-10-22(11-24-7-8-25(4,5)6)15-14(12)20-13(18)9-19-15/h9-11,14-15H,8,12-13,16H2,1-7H3,(H,29,33)(H,30,31);9-10H,7-8,11H2,1-6H3,(H,21,23). The normalized spacial score (nSPS) is 12.6. The number of para-hydroxylation sites is 1. The van der Waals surface area contributed by atoms with Crippen molar-refractivity contribution in [3.63, 3.8) is 0 Å². The van der Waals surface area contributed by atoms with Gasteiger partial charge in [0, 0.05) is 58.2 Å². The van der Waals surface area contributed by atoms with E-state index in [9.17, 15) is 9.59 Å². The Hall–Kier alpha value is -4.30. The number of carbonyl (C=O) groups is 2. The fraction of sp³-hybridized carbons (Fsp3) is 0.512. The van der Waals surface area contributed by atoms with E-state index in [-0.39, 0.29) is 22.9 Å². The van der Waals surface area contributed by atoms with Crippen LogP contribution in [-0.4, -0.2) is 91.5 Å². The minimum atomic E-state index is -1.19. The fourth-order valence-corrected chi connectivity index (χ4v) is 8.00. The summed E-state index contributed by atoms with van der Waals surface area (Å²) < 4.78 is 16.1. The number of halogens is 1. The molecule has 0 aliphatic carbocycles. The SMILES string of the molecule is CC(C)(C)NC(=O)c1cn(COCC[Si](C)(C)C)c2ncc(Br)nc12.CCc1cccc2c(-c3cnc4c(n3)c(C(=O)NC(C)(C)C)cn4COCC[Si](C)(C)C)[nH]nc12. The van der Waals surface area contributed by atoms with E-state index in [0.29, 0.717) is 70.4 Å². The molecule has 0 atom stereocenters. The third-order valence-electron chi connectivity index (χ3n) is 9.33. The number of fused-ring (bicyclic) bond motifs is 3. The zero-order valence-electron chi connectivity index (χ0n) is 37.6. The van der Waals surface area contributed by atoms with Crippen molar-refractivity contribution in [2.45, 2.75) is 131 Å². The number of benzene rings is 1. The molecule has 0 saturated carbocycles. The van der Waals surface area contributed by atoms with Gasteiger partial charge in [0.1, 0.15) is 34.8 Å². The van der Waals surface area contributed by atoms with Crippen LogP contribution in [0.5, 0.6) is 0 Å². The molecule has 324 valence electrons. The van der Waals surface area contributed by atoms with Gasteiger partial charge in [-0.2, -0.15) is 5.10 Å². The van der Waals surface area contributed by atoms with E-state index in [1.54, 1.807) is 24.8 Å². The van der Waals surface area contributed by atoms with E-state index in [0.717, 1.165) is 35.1 Å². The zero-order chi connectivity index (χ0) is 44.2. The van der Waals surface area contributed by atoms with Crippen molar-refractivity contribution in [3.05, 3.63) is 64.3 Å². The molecule has 5 aromatic heterocycles. The predicted molar refractivity (Wildman–Crippen MR) is 250 cm³/mol. The predicted octanol–water partition coefficient (Wildman–Crippen LogP) is 9.41. The van der Waals surface area contributed by atoms with E-state index in [1.807, 2.05) is 62.8 Å². The Kier molecular flexibility index (Phi) is 14.6. The Morgan fingerprint density at radius 1 is 0.750 bits per heavy atom. The molecule has 2 amide bonds. The quantitative estimate of drug-likeness (QED) is 0.0713. The molecule has 6 aromatic rings. The summed E-state index contributed by atoms with van der Waals surface area (Å²) in [5, 5.41) is 14.7. The molecule has 6 rings (SSSR count). The number of amides is 2. The maximum absolute atomic E-state index is 13.2. The second-order valence-electron chi connectivity index (χ2n) is 19.7. The van der Waals surface area contributed by atoms with Crippen LogP contribution in [0, 0.1) is 0 Å². The van der Waals surface area contributed by atoms with Gasteiger partial charge < -0.3 is 29.2 Å². The molecule has 0 unspecified atom stereocenters. The molecular weight excluding hydrogens is 857 g/mol. The van der Waals surface area contributed by atoms with Gasteiger partial charge in [-0.3, -0.25) is 14.7 Å². The molecule has 0 fully saturated rings. The first-order chi connectivity index (χ1) is 27.9. The topological polar surface area (TPSA) is 167 Å². The molecule has 5 heterocycles. The number of nitrogens with one attached hydrogen (secondary N) is 3. The highest BCUT2D eigenvalue weighted by Gasteiger charge is 2.25. The largest absolute Gasteiger partial charge is 0.361 e. The van der Waals surface area contributed by atoms with Crippen LogP contribution in [0.15, 0.2) is 47.6 Å². The number of aryl methyl sites for hydroxylation is 1. The zero-order valence-corrected chi connectivity index (χ0v) is 41.2.